The van der Waals surface area contributed by atoms with Gasteiger partial charge in [0.2, 0.25) is 0 Å². The van der Waals surface area contributed by atoms with Crippen LogP contribution in [0.4, 0.5) is 9.18 Å². The Labute approximate surface area is 139 Å². The average molecular weight is 413 g/mol. The van der Waals surface area contributed by atoms with E-state index in [1.54, 1.807) is 6.07 Å². The fourth-order valence-electron chi connectivity index (χ4n) is 2.01. The number of fused-ring (bicyclic) bond motifs is 1. The number of ether oxygens (including phenoxy) is 1. The molecule has 0 saturated heterocycles. The number of nitriles is 1. The smallest absolute Gasteiger partial charge is 0.258 e. The largest absolute Gasteiger partial charge is 0.496 e. The van der Waals surface area contributed by atoms with Crippen molar-refractivity contribution in [2.75, 3.05) is 0 Å². The number of aromatic nitrogens is 1. The first-order chi connectivity index (χ1) is 10.1. The van der Waals surface area contributed by atoms with Crippen molar-refractivity contribution in [1.29, 1.82) is 5.26 Å². The zero-order chi connectivity index (χ0) is 16.7. The van der Waals surface area contributed by atoms with E-state index in [9.17, 15) is 14.3 Å². The second-order valence-electron chi connectivity index (χ2n) is 5.67. The molecule has 0 atom stereocenters. The summed E-state index contributed by atoms with van der Waals surface area (Å²) in [4.78, 5) is 15.0. The quantitative estimate of drug-likeness (QED) is 0.530. The van der Waals surface area contributed by atoms with E-state index in [2.05, 4.69) is 9.72 Å². The van der Waals surface area contributed by atoms with E-state index in [1.165, 1.54) is 6.07 Å². The predicted octanol–water partition coefficient (Wildman–Crippen LogP) is 2.87. The zero-order valence-electron chi connectivity index (χ0n) is 12.0. The minimum atomic E-state index is -1.78. The predicted molar refractivity (Wildman–Crippen MR) is 83.9 cm³/mol. The van der Waals surface area contributed by atoms with Gasteiger partial charge in [0.1, 0.15) is 11.9 Å². The maximum absolute atomic E-state index is 13.8. The fourth-order valence-corrected chi connectivity index (χ4v) is 3.39. The van der Waals surface area contributed by atoms with Crippen LogP contribution >= 0.6 is 22.6 Å². The Hall–Kier alpha value is -1.95. The summed E-state index contributed by atoms with van der Waals surface area (Å²) in [5.74, 6) is -1.01. The van der Waals surface area contributed by atoms with E-state index in [4.69, 9.17) is 5.26 Å². The normalized spacial score (nSPS) is 11.3. The molecule has 0 fully saturated rings. The molecule has 0 amide bonds. The molecule has 5 nitrogen and oxygen atoms in total. The van der Waals surface area contributed by atoms with Crippen LogP contribution in [-0.4, -0.2) is 11.1 Å². The summed E-state index contributed by atoms with van der Waals surface area (Å²) in [5, 5.41) is 20.4. The highest BCUT2D eigenvalue weighted by molar-refractivity contribution is 14.1. The van der Waals surface area contributed by atoms with Gasteiger partial charge in [0, 0.05) is 19.8 Å². The second kappa shape index (κ2) is 5.68. The van der Waals surface area contributed by atoms with Crippen molar-refractivity contribution < 1.29 is 19.0 Å². The summed E-state index contributed by atoms with van der Waals surface area (Å²) in [5.41, 5.74) is 0.0684. The van der Waals surface area contributed by atoms with Gasteiger partial charge in [-0.05, 0) is 34.7 Å². The highest BCUT2D eigenvalue weighted by Gasteiger charge is 2.23. The number of pyridine rings is 1. The molecule has 22 heavy (non-hydrogen) atoms. The van der Waals surface area contributed by atoms with Crippen LogP contribution in [0.5, 0.6) is 5.88 Å². The molecule has 7 heteroatoms. The van der Waals surface area contributed by atoms with E-state index >= 15 is 0 Å². The van der Waals surface area contributed by atoms with E-state index in [-0.39, 0.29) is 16.8 Å². The molecule has 0 bridgehead atoms. The minimum absolute atomic E-state index is 0.129. The third-order valence-corrected chi connectivity index (χ3v) is 4.10. The van der Waals surface area contributed by atoms with Crippen molar-refractivity contribution in [1.82, 2.24) is 4.98 Å². The average Bonchev–Trinajstić information content (AvgIpc) is 2.39. The molecule has 1 aromatic carbocycles. The Morgan fingerprint density at radius 2 is 2.05 bits per heavy atom. The van der Waals surface area contributed by atoms with Crippen LogP contribution in [0.15, 0.2) is 12.1 Å². The zero-order valence-corrected chi connectivity index (χ0v) is 14.2. The summed E-state index contributed by atoms with van der Waals surface area (Å²) >= 11 is 2.05. The first-order valence-electron chi connectivity index (χ1n) is 6.27. The van der Waals surface area contributed by atoms with Crippen LogP contribution < -0.4 is 9.84 Å². The summed E-state index contributed by atoms with van der Waals surface area (Å²) in [6.45, 7) is 5.71. The van der Waals surface area contributed by atoms with Crippen molar-refractivity contribution in [3.8, 4) is 11.9 Å². The Balaban J connectivity index is 2.92. The molecule has 114 valence electrons. The maximum atomic E-state index is 13.8. The maximum Gasteiger partial charge on any atom is 0.258 e. The Kier molecular flexibility index (Phi) is 4.24. The monoisotopic (exact) mass is 413 g/mol. The van der Waals surface area contributed by atoms with Gasteiger partial charge in [0.25, 0.3) is 6.16 Å². The molecule has 0 N–H and O–H groups in total. The molecule has 0 radical (unpaired) electrons. The molecule has 0 saturated carbocycles. The van der Waals surface area contributed by atoms with E-state index < -0.39 is 17.4 Å². The lowest BCUT2D eigenvalue weighted by Gasteiger charge is -2.23. The molecule has 0 aliphatic carbocycles. The highest BCUT2D eigenvalue weighted by Crippen LogP contribution is 2.36. The van der Waals surface area contributed by atoms with Gasteiger partial charge in [0.15, 0.2) is 5.88 Å². The van der Waals surface area contributed by atoms with Gasteiger partial charge in [-0.1, -0.05) is 20.8 Å². The highest BCUT2D eigenvalue weighted by atomic mass is 127. The van der Waals surface area contributed by atoms with E-state index in [0.29, 0.717) is 14.7 Å². The molecule has 0 aliphatic heterocycles. The standard InChI is InChI=1S/C15H12FIN2O3/c1-15(2,3)12-11(17)8-4-7(6-18)10(16)5-9(8)13(19-12)22-14(20)21/h4-5H,1-3H3,(H,20,21)/p-1. The molecule has 2 aromatic rings. The van der Waals surface area contributed by atoms with Crippen molar-refractivity contribution >= 4 is 39.5 Å². The molecular weight excluding hydrogens is 402 g/mol. The van der Waals surface area contributed by atoms with Crippen molar-refractivity contribution in [3.63, 3.8) is 0 Å². The van der Waals surface area contributed by atoms with Crippen LogP contribution in [-0.2, 0) is 5.41 Å². The lowest BCUT2D eigenvalue weighted by Crippen LogP contribution is -2.27. The van der Waals surface area contributed by atoms with Gasteiger partial charge < -0.3 is 14.6 Å². The van der Waals surface area contributed by atoms with Gasteiger partial charge >= 0.3 is 0 Å². The van der Waals surface area contributed by atoms with Crippen molar-refractivity contribution in [2.24, 2.45) is 0 Å². The van der Waals surface area contributed by atoms with Gasteiger partial charge in [-0.25, -0.2) is 9.37 Å². The number of benzene rings is 1. The lowest BCUT2D eigenvalue weighted by atomic mass is 9.90. The Morgan fingerprint density at radius 3 is 2.55 bits per heavy atom. The van der Waals surface area contributed by atoms with Gasteiger partial charge in [-0.2, -0.15) is 5.26 Å². The molecule has 2 rings (SSSR count). The van der Waals surface area contributed by atoms with Crippen LogP contribution in [0, 0.1) is 20.7 Å². The van der Waals surface area contributed by atoms with Crippen LogP contribution in [0.3, 0.4) is 0 Å². The third kappa shape index (κ3) is 2.97. The summed E-state index contributed by atoms with van der Waals surface area (Å²) < 4.78 is 19.1. The second-order valence-corrected chi connectivity index (χ2v) is 6.75. The number of halogens is 2. The van der Waals surface area contributed by atoms with Crippen LogP contribution in [0.25, 0.3) is 10.8 Å². The number of carbonyl (C=O) groups excluding carboxylic acids is 1. The molecule has 0 aliphatic rings. The van der Waals surface area contributed by atoms with Gasteiger partial charge in [-0.3, -0.25) is 0 Å². The lowest BCUT2D eigenvalue weighted by molar-refractivity contribution is -0.271. The van der Waals surface area contributed by atoms with E-state index in [0.717, 1.165) is 6.07 Å². The van der Waals surface area contributed by atoms with Crippen LogP contribution in [0.1, 0.15) is 32.0 Å². The molecule has 0 unspecified atom stereocenters. The number of carboxylic acid groups (broad SMARTS) is 1. The van der Waals surface area contributed by atoms with Crippen molar-refractivity contribution in [2.45, 2.75) is 26.2 Å². The molecular formula is C15H11FIN2O3-. The number of rotatable bonds is 1. The summed E-state index contributed by atoms with van der Waals surface area (Å²) in [6.07, 6.45) is -1.78. The first-order valence-corrected chi connectivity index (χ1v) is 7.35. The van der Waals surface area contributed by atoms with E-state index in [1.807, 2.05) is 43.4 Å². The number of hydrogen-bond acceptors (Lipinski definition) is 5. The topological polar surface area (TPSA) is 86.0 Å². The Morgan fingerprint density at radius 1 is 1.41 bits per heavy atom. The third-order valence-electron chi connectivity index (χ3n) is 3.01. The number of nitrogens with zero attached hydrogens (tertiary/aromatic N) is 2. The minimum Gasteiger partial charge on any atom is -0.496 e. The number of hydrogen-bond donors (Lipinski definition) is 0. The van der Waals surface area contributed by atoms with Gasteiger partial charge in [-0.15, -0.1) is 0 Å². The molecule has 1 heterocycles. The fraction of sp³-hybridized carbons (Fsp3) is 0.267. The summed E-state index contributed by atoms with van der Waals surface area (Å²) in [7, 11) is 0. The molecule has 1 aromatic heterocycles. The molecule has 0 spiro atoms. The first kappa shape index (κ1) is 16.4. The summed E-state index contributed by atoms with van der Waals surface area (Å²) in [6, 6.07) is 4.18. The Bertz CT molecular complexity index is 822. The van der Waals surface area contributed by atoms with Crippen molar-refractivity contribution in [3.05, 3.63) is 32.8 Å². The van der Waals surface area contributed by atoms with Crippen LogP contribution in [0.2, 0.25) is 0 Å². The van der Waals surface area contributed by atoms with Gasteiger partial charge in [0.05, 0.1) is 11.3 Å². The number of carbonyl (C=O) groups is 1. The SMILES string of the molecule is CC(C)(C)c1nc(OC(=O)[O-])c2cc(F)c(C#N)cc2c1I.